The van der Waals surface area contributed by atoms with Crippen molar-refractivity contribution < 1.29 is 9.53 Å². The van der Waals surface area contributed by atoms with Gasteiger partial charge in [-0.3, -0.25) is 4.79 Å². The second-order valence-electron chi connectivity index (χ2n) is 8.90. The van der Waals surface area contributed by atoms with Crippen LogP contribution < -0.4 is 4.74 Å². The molecule has 0 bridgehead atoms. The lowest BCUT2D eigenvalue weighted by Crippen LogP contribution is -2.07. The van der Waals surface area contributed by atoms with Gasteiger partial charge in [-0.15, -0.1) is 0 Å². The Hall–Kier alpha value is -2.35. The molecule has 0 amide bonds. The Labute approximate surface area is 188 Å². The molecular weight excluding hydrogens is 380 g/mol. The van der Waals surface area contributed by atoms with Gasteiger partial charge >= 0.3 is 5.97 Å². The van der Waals surface area contributed by atoms with E-state index in [0.29, 0.717) is 12.2 Å². The molecule has 0 aliphatic heterocycles. The fraction of sp³-hybridized carbons (Fsp3) is 0.483. The van der Waals surface area contributed by atoms with Gasteiger partial charge in [0, 0.05) is 6.42 Å². The van der Waals surface area contributed by atoms with E-state index in [1.165, 1.54) is 61.6 Å². The lowest BCUT2D eigenvalue weighted by molar-refractivity contribution is -0.134. The van der Waals surface area contributed by atoms with Crippen LogP contribution in [-0.4, -0.2) is 5.97 Å². The third-order valence-corrected chi connectivity index (χ3v) is 6.39. The van der Waals surface area contributed by atoms with Gasteiger partial charge in [0.15, 0.2) is 0 Å². The Morgan fingerprint density at radius 2 is 1.45 bits per heavy atom. The van der Waals surface area contributed by atoms with E-state index >= 15 is 0 Å². The lowest BCUT2D eigenvalue weighted by Gasteiger charge is -2.22. The molecule has 0 spiro atoms. The van der Waals surface area contributed by atoms with E-state index in [9.17, 15) is 4.79 Å². The number of allylic oxidation sites excluding steroid dienone is 2. The SMILES string of the molecule is CCCCCC(=O)Oc1ccc(-c2ccc(C3=CCC(CCCCC)CC3)cc2)cc1. The molecule has 0 fully saturated rings. The minimum Gasteiger partial charge on any atom is -0.427 e. The Kier molecular flexibility index (Phi) is 9.39. The fourth-order valence-corrected chi connectivity index (χ4v) is 4.39. The van der Waals surface area contributed by atoms with E-state index in [0.717, 1.165) is 30.7 Å². The number of carbonyl (C=O) groups excluding carboxylic acids is 1. The molecule has 2 nitrogen and oxygen atoms in total. The maximum Gasteiger partial charge on any atom is 0.311 e. The van der Waals surface area contributed by atoms with Gasteiger partial charge in [0.05, 0.1) is 0 Å². The van der Waals surface area contributed by atoms with Gasteiger partial charge in [0.1, 0.15) is 5.75 Å². The number of hydrogen-bond donors (Lipinski definition) is 0. The zero-order valence-electron chi connectivity index (χ0n) is 19.4. The first-order valence-corrected chi connectivity index (χ1v) is 12.3. The van der Waals surface area contributed by atoms with Crippen LogP contribution >= 0.6 is 0 Å². The van der Waals surface area contributed by atoms with Gasteiger partial charge in [-0.25, -0.2) is 0 Å². The molecule has 0 heterocycles. The summed E-state index contributed by atoms with van der Waals surface area (Å²) in [6, 6.07) is 16.8. The molecule has 0 saturated heterocycles. The van der Waals surface area contributed by atoms with Crippen LogP contribution in [0.15, 0.2) is 54.6 Å². The molecule has 31 heavy (non-hydrogen) atoms. The summed E-state index contributed by atoms with van der Waals surface area (Å²) in [5.41, 5.74) is 5.20. The van der Waals surface area contributed by atoms with Crippen molar-refractivity contribution in [2.45, 2.75) is 84.5 Å². The van der Waals surface area contributed by atoms with Gasteiger partial charge in [0.2, 0.25) is 0 Å². The third-order valence-electron chi connectivity index (χ3n) is 6.39. The summed E-state index contributed by atoms with van der Waals surface area (Å²) in [4.78, 5) is 11.9. The van der Waals surface area contributed by atoms with Gasteiger partial charge in [-0.05, 0) is 66.0 Å². The average Bonchev–Trinajstić information content (AvgIpc) is 2.81. The zero-order valence-corrected chi connectivity index (χ0v) is 19.4. The maximum atomic E-state index is 11.9. The van der Waals surface area contributed by atoms with E-state index in [2.05, 4.69) is 44.2 Å². The number of hydrogen-bond acceptors (Lipinski definition) is 2. The van der Waals surface area contributed by atoms with Crippen LogP contribution in [0.25, 0.3) is 16.7 Å². The van der Waals surface area contributed by atoms with Crippen LogP contribution in [0.1, 0.15) is 90.0 Å². The molecule has 2 heteroatoms. The van der Waals surface area contributed by atoms with E-state index in [4.69, 9.17) is 4.74 Å². The van der Waals surface area contributed by atoms with Crippen LogP contribution in [0.5, 0.6) is 5.75 Å². The summed E-state index contributed by atoms with van der Waals surface area (Å²) >= 11 is 0. The topological polar surface area (TPSA) is 26.3 Å². The van der Waals surface area contributed by atoms with Crippen LogP contribution in [0.2, 0.25) is 0 Å². The molecule has 2 aromatic rings. The monoisotopic (exact) mass is 418 g/mol. The lowest BCUT2D eigenvalue weighted by atomic mass is 9.83. The summed E-state index contributed by atoms with van der Waals surface area (Å²) in [5.74, 6) is 1.37. The average molecular weight is 419 g/mol. The van der Waals surface area contributed by atoms with Crippen molar-refractivity contribution in [2.75, 3.05) is 0 Å². The van der Waals surface area contributed by atoms with Gasteiger partial charge in [-0.2, -0.15) is 0 Å². The van der Waals surface area contributed by atoms with Crippen molar-refractivity contribution in [3.8, 4) is 16.9 Å². The molecule has 1 unspecified atom stereocenters. The van der Waals surface area contributed by atoms with Crippen molar-refractivity contribution in [3.63, 3.8) is 0 Å². The minimum absolute atomic E-state index is 0.140. The van der Waals surface area contributed by atoms with Gasteiger partial charge < -0.3 is 4.74 Å². The molecule has 2 aromatic carbocycles. The molecule has 0 saturated carbocycles. The highest BCUT2D eigenvalue weighted by molar-refractivity contribution is 5.73. The normalized spacial score (nSPS) is 16.1. The maximum absolute atomic E-state index is 11.9. The first kappa shape index (κ1) is 23.3. The molecule has 3 rings (SSSR count). The highest BCUT2D eigenvalue weighted by Crippen LogP contribution is 2.33. The van der Waals surface area contributed by atoms with Crippen LogP contribution in [0, 0.1) is 5.92 Å². The molecule has 0 aromatic heterocycles. The smallest absolute Gasteiger partial charge is 0.311 e. The fourth-order valence-electron chi connectivity index (χ4n) is 4.39. The highest BCUT2D eigenvalue weighted by Gasteiger charge is 2.15. The highest BCUT2D eigenvalue weighted by atomic mass is 16.5. The standard InChI is InChI=1S/C29H38O2/c1-3-5-7-9-23-11-13-24(14-12-23)25-15-17-26(18-16-25)27-19-21-28(22-20-27)31-29(30)10-8-6-4-2/h13,15-23H,3-12,14H2,1-2H3. The van der Waals surface area contributed by atoms with E-state index < -0.39 is 0 Å². The number of ether oxygens (including phenoxy) is 1. The van der Waals surface area contributed by atoms with Crippen molar-refractivity contribution in [3.05, 3.63) is 60.2 Å². The predicted octanol–water partition coefficient (Wildman–Crippen LogP) is 8.60. The molecule has 166 valence electrons. The van der Waals surface area contributed by atoms with Crippen LogP contribution in [0.3, 0.4) is 0 Å². The molecule has 0 radical (unpaired) electrons. The number of carbonyl (C=O) groups is 1. The van der Waals surface area contributed by atoms with Crippen molar-refractivity contribution in [2.24, 2.45) is 5.92 Å². The Bertz CT molecular complexity index is 830. The summed E-state index contributed by atoms with van der Waals surface area (Å²) in [6.45, 7) is 4.41. The zero-order chi connectivity index (χ0) is 21.9. The third kappa shape index (κ3) is 7.38. The van der Waals surface area contributed by atoms with E-state index in [1.54, 1.807) is 0 Å². The van der Waals surface area contributed by atoms with Crippen LogP contribution in [-0.2, 0) is 4.79 Å². The molecular formula is C29H38O2. The number of unbranched alkanes of at least 4 members (excludes halogenated alkanes) is 4. The first-order chi connectivity index (χ1) is 15.2. The van der Waals surface area contributed by atoms with Crippen molar-refractivity contribution >= 4 is 11.5 Å². The minimum atomic E-state index is -0.140. The number of esters is 1. The summed E-state index contributed by atoms with van der Waals surface area (Å²) in [7, 11) is 0. The second-order valence-corrected chi connectivity index (χ2v) is 8.90. The second kappa shape index (κ2) is 12.5. The summed E-state index contributed by atoms with van der Waals surface area (Å²) in [5, 5.41) is 0. The van der Waals surface area contributed by atoms with E-state index in [1.807, 2.05) is 24.3 Å². The van der Waals surface area contributed by atoms with Crippen molar-refractivity contribution in [1.82, 2.24) is 0 Å². The Morgan fingerprint density at radius 1 is 0.839 bits per heavy atom. The summed E-state index contributed by atoms with van der Waals surface area (Å²) in [6.07, 6.45) is 15.3. The molecule has 1 atom stereocenters. The Balaban J connectivity index is 1.53. The molecule has 1 aliphatic carbocycles. The Morgan fingerprint density at radius 3 is 2.06 bits per heavy atom. The largest absolute Gasteiger partial charge is 0.427 e. The van der Waals surface area contributed by atoms with Crippen LogP contribution in [0.4, 0.5) is 0 Å². The molecule has 1 aliphatic rings. The predicted molar refractivity (Wildman–Crippen MR) is 131 cm³/mol. The quantitative estimate of drug-likeness (QED) is 0.207. The van der Waals surface area contributed by atoms with Gasteiger partial charge in [0.25, 0.3) is 0 Å². The number of rotatable bonds is 11. The first-order valence-electron chi connectivity index (χ1n) is 12.3. The van der Waals surface area contributed by atoms with E-state index in [-0.39, 0.29) is 5.97 Å². The number of benzene rings is 2. The van der Waals surface area contributed by atoms with Gasteiger partial charge in [-0.1, -0.05) is 94.8 Å². The van der Waals surface area contributed by atoms with Crippen molar-refractivity contribution in [1.29, 1.82) is 0 Å². The summed E-state index contributed by atoms with van der Waals surface area (Å²) < 4.78 is 5.44. The molecule has 0 N–H and O–H groups in total.